The number of nitrogens with zero attached hydrogens (tertiary/aromatic N) is 2. The van der Waals surface area contributed by atoms with Crippen LogP contribution in [0.4, 0.5) is 5.69 Å². The highest BCUT2D eigenvalue weighted by Crippen LogP contribution is 2.33. The van der Waals surface area contributed by atoms with E-state index < -0.39 is 5.97 Å². The Morgan fingerprint density at radius 3 is 2.59 bits per heavy atom. The van der Waals surface area contributed by atoms with Gasteiger partial charge < -0.3 is 14.4 Å². The van der Waals surface area contributed by atoms with Crippen molar-refractivity contribution in [3.63, 3.8) is 0 Å². The number of carbonyl (C=O) groups excluding carboxylic acids is 4. The molecule has 0 spiro atoms. The molecule has 0 bridgehead atoms. The van der Waals surface area contributed by atoms with Gasteiger partial charge in [0.25, 0.3) is 5.91 Å². The summed E-state index contributed by atoms with van der Waals surface area (Å²) in [5.74, 6) is -0.630. The first-order chi connectivity index (χ1) is 14.0. The maximum Gasteiger partial charge on any atom is 0.306 e. The number of ether oxygens (including phenoxy) is 2. The van der Waals surface area contributed by atoms with Gasteiger partial charge in [-0.15, -0.1) is 0 Å². The van der Waals surface area contributed by atoms with Crippen LogP contribution >= 0.6 is 0 Å². The second kappa shape index (κ2) is 9.54. The Labute approximate surface area is 169 Å². The summed E-state index contributed by atoms with van der Waals surface area (Å²) in [4.78, 5) is 52.2. The number of piperidine rings is 1. The van der Waals surface area contributed by atoms with E-state index in [0.717, 1.165) is 19.3 Å². The third kappa shape index (κ3) is 5.13. The molecule has 156 valence electrons. The molecule has 1 aromatic carbocycles. The van der Waals surface area contributed by atoms with Crippen molar-refractivity contribution in [1.29, 1.82) is 0 Å². The Bertz CT molecular complexity index is 800. The van der Waals surface area contributed by atoms with Crippen molar-refractivity contribution in [2.75, 3.05) is 37.7 Å². The normalized spacial score (nSPS) is 16.1. The third-order valence-corrected chi connectivity index (χ3v) is 5.09. The average molecular weight is 402 g/mol. The minimum atomic E-state index is -0.425. The van der Waals surface area contributed by atoms with Gasteiger partial charge in [-0.1, -0.05) is 0 Å². The van der Waals surface area contributed by atoms with Crippen LogP contribution in [0, 0.1) is 0 Å². The number of esters is 1. The van der Waals surface area contributed by atoms with Gasteiger partial charge in [0.2, 0.25) is 5.91 Å². The second-order valence-corrected chi connectivity index (χ2v) is 7.12. The summed E-state index contributed by atoms with van der Waals surface area (Å²) < 4.78 is 10.3. The Balaban J connectivity index is 1.73. The minimum absolute atomic E-state index is 0.00362. The van der Waals surface area contributed by atoms with E-state index in [1.807, 2.05) is 0 Å². The number of carbonyl (C=O) groups is 4. The highest BCUT2D eigenvalue weighted by molar-refractivity contribution is 6.04. The molecule has 1 fully saturated rings. The van der Waals surface area contributed by atoms with Crippen LogP contribution in [0.15, 0.2) is 18.2 Å². The molecule has 2 aliphatic heterocycles. The summed E-state index contributed by atoms with van der Waals surface area (Å²) in [7, 11) is 0. The van der Waals surface area contributed by atoms with Crippen molar-refractivity contribution < 1.29 is 28.7 Å². The van der Waals surface area contributed by atoms with E-state index in [-0.39, 0.29) is 50.2 Å². The molecule has 2 heterocycles. The highest BCUT2D eigenvalue weighted by atomic mass is 16.5. The molecule has 0 saturated carbocycles. The molecule has 0 aliphatic carbocycles. The topological polar surface area (TPSA) is 93.2 Å². The van der Waals surface area contributed by atoms with Crippen LogP contribution in [0.3, 0.4) is 0 Å². The maximum atomic E-state index is 12.7. The van der Waals surface area contributed by atoms with Gasteiger partial charge in [-0.3, -0.25) is 24.1 Å². The first kappa shape index (κ1) is 20.8. The van der Waals surface area contributed by atoms with Crippen LogP contribution in [0.25, 0.3) is 0 Å². The van der Waals surface area contributed by atoms with Gasteiger partial charge in [0.15, 0.2) is 12.4 Å². The number of hydrogen-bond acceptors (Lipinski definition) is 6. The number of hydrogen-bond donors (Lipinski definition) is 0. The Morgan fingerprint density at radius 2 is 1.86 bits per heavy atom. The Morgan fingerprint density at radius 1 is 1.10 bits per heavy atom. The van der Waals surface area contributed by atoms with Crippen LogP contribution in [0.1, 0.15) is 49.4 Å². The predicted molar refractivity (Wildman–Crippen MR) is 105 cm³/mol. The average Bonchev–Trinajstić information content (AvgIpc) is 2.74. The molecule has 0 N–H and O–H groups in total. The first-order valence-corrected chi connectivity index (χ1v) is 10.0. The largest absolute Gasteiger partial charge is 0.482 e. The molecule has 3 rings (SSSR count). The lowest BCUT2D eigenvalue weighted by atomic mass is 10.0. The van der Waals surface area contributed by atoms with E-state index in [4.69, 9.17) is 9.47 Å². The maximum absolute atomic E-state index is 12.7. The van der Waals surface area contributed by atoms with Gasteiger partial charge in [-0.25, -0.2) is 0 Å². The fourth-order valence-electron chi connectivity index (χ4n) is 3.52. The predicted octanol–water partition coefficient (Wildman–Crippen LogP) is 1.95. The molecule has 0 radical (unpaired) electrons. The van der Waals surface area contributed by atoms with Crippen LogP contribution in [-0.2, 0) is 19.1 Å². The zero-order chi connectivity index (χ0) is 20.8. The molecule has 0 aromatic heterocycles. The van der Waals surface area contributed by atoms with Crippen molar-refractivity contribution in [3.8, 4) is 5.75 Å². The molecule has 0 atom stereocenters. The molecular weight excluding hydrogens is 376 g/mol. The molecule has 29 heavy (non-hydrogen) atoms. The second-order valence-electron chi connectivity index (χ2n) is 7.12. The van der Waals surface area contributed by atoms with Gasteiger partial charge in [0.05, 0.1) is 18.7 Å². The van der Waals surface area contributed by atoms with Crippen LogP contribution in [-0.4, -0.2) is 61.3 Å². The number of benzene rings is 1. The molecular formula is C21H26N2O6. The standard InChI is InChI=1S/C21H26N2O6/c1-2-28-21(27)9-7-17(24)15-6-8-18-16(12-15)23(20(26)14-29-18)13-19(25)22-10-4-3-5-11-22/h6,8,12H,2-5,7,9-11,13-14H2,1H3. The zero-order valence-corrected chi connectivity index (χ0v) is 16.6. The van der Waals surface area contributed by atoms with E-state index in [9.17, 15) is 19.2 Å². The lowest BCUT2D eigenvalue weighted by Gasteiger charge is -2.32. The molecule has 1 aromatic rings. The van der Waals surface area contributed by atoms with E-state index >= 15 is 0 Å². The van der Waals surface area contributed by atoms with Crippen LogP contribution in [0.2, 0.25) is 0 Å². The Hall–Kier alpha value is -2.90. The smallest absolute Gasteiger partial charge is 0.306 e. The summed E-state index contributed by atoms with van der Waals surface area (Å²) in [5, 5.41) is 0. The van der Waals surface area contributed by atoms with E-state index in [2.05, 4.69) is 0 Å². The summed E-state index contributed by atoms with van der Waals surface area (Å²) in [6.45, 7) is 3.17. The number of rotatable bonds is 7. The molecule has 1 saturated heterocycles. The van der Waals surface area contributed by atoms with Crippen molar-refractivity contribution in [3.05, 3.63) is 23.8 Å². The van der Waals surface area contributed by atoms with Crippen molar-refractivity contribution in [2.24, 2.45) is 0 Å². The Kier molecular flexibility index (Phi) is 6.85. The first-order valence-electron chi connectivity index (χ1n) is 10.0. The fourth-order valence-corrected chi connectivity index (χ4v) is 3.52. The number of likely N-dealkylation sites (tertiary alicyclic amines) is 1. The van der Waals surface area contributed by atoms with E-state index in [1.165, 1.54) is 4.90 Å². The summed E-state index contributed by atoms with van der Waals surface area (Å²) in [5.41, 5.74) is 0.773. The van der Waals surface area contributed by atoms with Crippen LogP contribution in [0.5, 0.6) is 5.75 Å². The number of amides is 2. The molecule has 8 heteroatoms. The number of Topliss-reactive ketones (excluding diaryl/α,β-unsaturated/α-hetero) is 1. The van der Waals surface area contributed by atoms with E-state index in [0.29, 0.717) is 30.1 Å². The monoisotopic (exact) mass is 402 g/mol. The van der Waals surface area contributed by atoms with Crippen molar-refractivity contribution in [1.82, 2.24) is 4.90 Å². The summed E-state index contributed by atoms with van der Waals surface area (Å²) in [6, 6.07) is 4.79. The molecule has 2 amide bonds. The zero-order valence-electron chi connectivity index (χ0n) is 16.6. The van der Waals surface area contributed by atoms with Gasteiger partial charge in [-0.05, 0) is 44.4 Å². The lowest BCUT2D eigenvalue weighted by molar-refractivity contribution is -0.143. The van der Waals surface area contributed by atoms with Crippen LogP contribution < -0.4 is 9.64 Å². The van der Waals surface area contributed by atoms with Crippen molar-refractivity contribution >= 4 is 29.3 Å². The third-order valence-electron chi connectivity index (χ3n) is 5.09. The number of anilines is 1. The van der Waals surface area contributed by atoms with Gasteiger partial charge in [0, 0.05) is 25.1 Å². The highest BCUT2D eigenvalue weighted by Gasteiger charge is 2.30. The summed E-state index contributed by atoms with van der Waals surface area (Å²) in [6.07, 6.45) is 3.06. The molecule has 0 unspecified atom stereocenters. The quantitative estimate of drug-likeness (QED) is 0.511. The van der Waals surface area contributed by atoms with Crippen molar-refractivity contribution in [2.45, 2.75) is 39.0 Å². The van der Waals surface area contributed by atoms with Gasteiger partial charge >= 0.3 is 5.97 Å². The van der Waals surface area contributed by atoms with Gasteiger partial charge in [0.1, 0.15) is 12.3 Å². The fraction of sp³-hybridized carbons (Fsp3) is 0.524. The molecule has 2 aliphatic rings. The number of fused-ring (bicyclic) bond motifs is 1. The summed E-state index contributed by atoms with van der Waals surface area (Å²) >= 11 is 0. The minimum Gasteiger partial charge on any atom is -0.482 e. The lowest BCUT2D eigenvalue weighted by Crippen LogP contribution is -2.47. The van der Waals surface area contributed by atoms with E-state index in [1.54, 1.807) is 30.0 Å². The van der Waals surface area contributed by atoms with Gasteiger partial charge in [-0.2, -0.15) is 0 Å². The molecule has 8 nitrogen and oxygen atoms in total. The SMILES string of the molecule is CCOC(=O)CCC(=O)c1ccc2c(c1)N(CC(=O)N1CCCCC1)C(=O)CO2. The number of ketones is 1.